The lowest BCUT2D eigenvalue weighted by Crippen LogP contribution is -2.32. The van der Waals surface area contributed by atoms with Crippen molar-refractivity contribution in [1.82, 2.24) is 0 Å². The van der Waals surface area contributed by atoms with Gasteiger partial charge in [0.25, 0.3) is 0 Å². The highest BCUT2D eigenvalue weighted by molar-refractivity contribution is 7.80. The van der Waals surface area contributed by atoms with E-state index in [0.29, 0.717) is 0 Å². The summed E-state index contributed by atoms with van der Waals surface area (Å²) in [5.41, 5.74) is -0.688. The number of ether oxygens (including phenoxy) is 1. The highest BCUT2D eigenvalue weighted by atomic mass is 32.1. The van der Waals surface area contributed by atoms with E-state index in [1.165, 1.54) is 0 Å². The van der Waals surface area contributed by atoms with Gasteiger partial charge in [-0.25, -0.2) is 0 Å². The minimum absolute atomic E-state index is 0.296. The first kappa shape index (κ1) is 8.29. The average molecular weight is 166 g/mol. The van der Waals surface area contributed by atoms with Crippen LogP contribution >= 0.6 is 12.6 Å². The average Bonchev–Trinajstić information content (AvgIpc) is 2.17. The van der Waals surface area contributed by atoms with Gasteiger partial charge in [0.2, 0.25) is 0 Å². The van der Waals surface area contributed by atoms with Crippen LogP contribution in [-0.4, -0.2) is 45.7 Å². The maximum Gasteiger partial charge on any atom is 0.129 e. The maximum atomic E-state index is 9.04. The zero-order valence-electron chi connectivity index (χ0n) is 5.21. The molecule has 0 spiro atoms. The van der Waals surface area contributed by atoms with Crippen LogP contribution in [-0.2, 0) is 4.74 Å². The van der Waals surface area contributed by atoms with Crippen LogP contribution in [0.15, 0.2) is 0 Å². The summed E-state index contributed by atoms with van der Waals surface area (Å²) in [6, 6.07) is 0. The summed E-state index contributed by atoms with van der Waals surface area (Å²) in [7, 11) is 0. The van der Waals surface area contributed by atoms with Crippen LogP contribution in [0, 0.1) is 0 Å². The van der Waals surface area contributed by atoms with Gasteiger partial charge < -0.3 is 20.1 Å². The molecule has 1 saturated heterocycles. The number of rotatable bonds is 1. The third-order valence-corrected chi connectivity index (χ3v) is 1.94. The molecule has 0 amide bonds. The molecule has 1 rings (SSSR count). The lowest BCUT2D eigenvalue weighted by atomic mass is 10.2. The first-order valence-electron chi connectivity index (χ1n) is 2.97. The molecule has 4 atom stereocenters. The molecule has 10 heavy (non-hydrogen) atoms. The number of hydrogen-bond acceptors (Lipinski definition) is 5. The summed E-state index contributed by atoms with van der Waals surface area (Å²) in [4.78, 5) is 0. The van der Waals surface area contributed by atoms with Crippen molar-refractivity contribution < 1.29 is 20.1 Å². The van der Waals surface area contributed by atoms with E-state index in [1.54, 1.807) is 0 Å². The molecule has 0 saturated carbocycles. The zero-order valence-corrected chi connectivity index (χ0v) is 6.11. The van der Waals surface area contributed by atoms with Gasteiger partial charge in [0, 0.05) is 0 Å². The Balaban J connectivity index is 2.53. The van der Waals surface area contributed by atoms with Crippen LogP contribution in [0.5, 0.6) is 0 Å². The summed E-state index contributed by atoms with van der Waals surface area (Å²) in [5.74, 6) is 0. The number of aliphatic hydroxyl groups is 3. The maximum absolute atomic E-state index is 9.04. The molecule has 1 aliphatic rings. The quantitative estimate of drug-likeness (QED) is 0.352. The molecule has 0 aromatic heterocycles. The van der Waals surface area contributed by atoms with Gasteiger partial charge in [-0.2, -0.15) is 0 Å². The first-order chi connectivity index (χ1) is 4.66. The molecular formula is C5H10O4S. The van der Waals surface area contributed by atoms with Gasteiger partial charge in [-0.15, -0.1) is 12.6 Å². The molecule has 1 fully saturated rings. The van der Waals surface area contributed by atoms with Gasteiger partial charge >= 0.3 is 0 Å². The Morgan fingerprint density at radius 2 is 1.90 bits per heavy atom. The molecule has 5 heteroatoms. The number of aliphatic hydroxyl groups excluding tert-OH is 3. The fraction of sp³-hybridized carbons (Fsp3) is 1.00. The van der Waals surface area contributed by atoms with Gasteiger partial charge in [0.05, 0.1) is 6.61 Å². The van der Waals surface area contributed by atoms with Crippen LogP contribution < -0.4 is 0 Å². The van der Waals surface area contributed by atoms with E-state index in [2.05, 4.69) is 12.6 Å². The summed E-state index contributed by atoms with van der Waals surface area (Å²) in [6.07, 6.45) is -2.72. The normalized spacial score (nSPS) is 48.0. The van der Waals surface area contributed by atoms with Crippen molar-refractivity contribution in [3.05, 3.63) is 0 Å². The van der Waals surface area contributed by atoms with E-state index in [-0.39, 0.29) is 6.61 Å². The Kier molecular flexibility index (Phi) is 2.54. The lowest BCUT2D eigenvalue weighted by Gasteiger charge is -2.09. The van der Waals surface area contributed by atoms with E-state index in [1.807, 2.05) is 0 Å². The third kappa shape index (κ3) is 1.28. The lowest BCUT2D eigenvalue weighted by molar-refractivity contribution is -0.00794. The summed E-state index contributed by atoms with van der Waals surface area (Å²) >= 11 is 3.82. The summed E-state index contributed by atoms with van der Waals surface area (Å²) in [5, 5.41) is 26.6. The Morgan fingerprint density at radius 3 is 2.10 bits per heavy atom. The van der Waals surface area contributed by atoms with Gasteiger partial charge in [-0.3, -0.25) is 0 Å². The van der Waals surface area contributed by atoms with Crippen molar-refractivity contribution in [2.24, 2.45) is 0 Å². The van der Waals surface area contributed by atoms with Crippen molar-refractivity contribution in [2.45, 2.75) is 23.7 Å². The molecular weight excluding hydrogens is 156 g/mol. The van der Waals surface area contributed by atoms with Crippen LogP contribution in [0.1, 0.15) is 0 Å². The van der Waals surface area contributed by atoms with Crippen molar-refractivity contribution in [3.63, 3.8) is 0 Å². The summed E-state index contributed by atoms with van der Waals surface area (Å²) < 4.78 is 4.85. The molecule has 0 bridgehead atoms. The Hall–Kier alpha value is 0.190. The second-order valence-electron chi connectivity index (χ2n) is 2.23. The first-order valence-corrected chi connectivity index (χ1v) is 3.49. The van der Waals surface area contributed by atoms with Gasteiger partial charge in [0.1, 0.15) is 23.7 Å². The number of thiol groups is 1. The predicted molar refractivity (Wildman–Crippen MR) is 36.7 cm³/mol. The zero-order chi connectivity index (χ0) is 7.72. The standard InChI is InChI=1S/C5H10O4S/c6-1-2-3(7)4(8)5(10)9-2/h2-8,10H,1H2/t2-,3?,4?,5?/m1/s1. The van der Waals surface area contributed by atoms with E-state index < -0.39 is 23.7 Å². The molecule has 1 heterocycles. The fourth-order valence-corrected chi connectivity index (χ4v) is 1.21. The minimum Gasteiger partial charge on any atom is -0.394 e. The van der Waals surface area contributed by atoms with E-state index in [9.17, 15) is 0 Å². The highest BCUT2D eigenvalue weighted by Crippen LogP contribution is 2.22. The molecule has 0 aliphatic carbocycles. The van der Waals surface area contributed by atoms with Crippen LogP contribution in [0.25, 0.3) is 0 Å². The molecule has 3 unspecified atom stereocenters. The minimum atomic E-state index is -1.02. The van der Waals surface area contributed by atoms with Crippen LogP contribution in [0.2, 0.25) is 0 Å². The van der Waals surface area contributed by atoms with Crippen molar-refractivity contribution in [1.29, 1.82) is 0 Å². The molecule has 60 valence electrons. The van der Waals surface area contributed by atoms with Crippen molar-refractivity contribution in [2.75, 3.05) is 6.61 Å². The van der Waals surface area contributed by atoms with Crippen molar-refractivity contribution >= 4 is 12.6 Å². The number of hydrogen-bond donors (Lipinski definition) is 4. The topological polar surface area (TPSA) is 69.9 Å². The Labute approximate surface area is 63.8 Å². The van der Waals surface area contributed by atoms with E-state index in [4.69, 9.17) is 20.1 Å². The predicted octanol–water partition coefficient (Wildman–Crippen LogP) is -1.64. The van der Waals surface area contributed by atoms with Crippen molar-refractivity contribution in [3.8, 4) is 0 Å². The van der Waals surface area contributed by atoms with E-state index >= 15 is 0 Å². The highest BCUT2D eigenvalue weighted by Gasteiger charge is 2.40. The summed E-state index contributed by atoms with van der Waals surface area (Å²) in [6.45, 7) is -0.296. The van der Waals surface area contributed by atoms with Gasteiger partial charge in [0.15, 0.2) is 0 Å². The molecule has 0 aromatic carbocycles. The van der Waals surface area contributed by atoms with E-state index in [0.717, 1.165) is 0 Å². The largest absolute Gasteiger partial charge is 0.394 e. The smallest absolute Gasteiger partial charge is 0.129 e. The molecule has 4 nitrogen and oxygen atoms in total. The second-order valence-corrected chi connectivity index (χ2v) is 2.74. The monoisotopic (exact) mass is 166 g/mol. The second kappa shape index (κ2) is 3.06. The van der Waals surface area contributed by atoms with Crippen LogP contribution in [0.4, 0.5) is 0 Å². The SMILES string of the molecule is OC[C@H]1OC(S)C(O)C1O. The molecule has 1 aliphatic heterocycles. The Morgan fingerprint density at radius 1 is 1.30 bits per heavy atom. The molecule has 0 radical (unpaired) electrons. The Bertz CT molecular complexity index is 120. The molecule has 3 N–H and O–H groups in total. The molecule has 0 aromatic rings. The third-order valence-electron chi connectivity index (χ3n) is 1.52. The van der Waals surface area contributed by atoms with Gasteiger partial charge in [-0.05, 0) is 0 Å². The fourth-order valence-electron chi connectivity index (χ4n) is 0.880. The van der Waals surface area contributed by atoms with Gasteiger partial charge in [-0.1, -0.05) is 0 Å². The van der Waals surface area contributed by atoms with Crippen LogP contribution in [0.3, 0.4) is 0 Å².